The Labute approximate surface area is 92.9 Å². The zero-order valence-corrected chi connectivity index (χ0v) is 10.2. The third kappa shape index (κ3) is 4.93. The van der Waals surface area contributed by atoms with Crippen LogP contribution in [0, 0.1) is 0 Å². The van der Waals surface area contributed by atoms with E-state index in [4.69, 9.17) is 9.47 Å². The van der Waals surface area contributed by atoms with E-state index in [9.17, 15) is 0 Å². The van der Waals surface area contributed by atoms with Crippen LogP contribution in [0.5, 0.6) is 0 Å². The van der Waals surface area contributed by atoms with E-state index in [1.165, 1.54) is 6.42 Å². The first kappa shape index (κ1) is 12.9. The zero-order valence-electron chi connectivity index (χ0n) is 10.2. The first-order valence-electron chi connectivity index (χ1n) is 5.74. The second-order valence-corrected chi connectivity index (χ2v) is 4.31. The van der Waals surface area contributed by atoms with Gasteiger partial charge in [0.25, 0.3) is 0 Å². The summed E-state index contributed by atoms with van der Waals surface area (Å²) in [6.07, 6.45) is 1.17. The molecule has 0 aromatic rings. The van der Waals surface area contributed by atoms with Crippen molar-refractivity contribution >= 4 is 0 Å². The molecule has 15 heavy (non-hydrogen) atoms. The summed E-state index contributed by atoms with van der Waals surface area (Å²) in [5.41, 5.74) is 0. The van der Waals surface area contributed by atoms with Gasteiger partial charge in [0.2, 0.25) is 0 Å². The number of ether oxygens (including phenoxy) is 2. The molecule has 0 spiro atoms. The summed E-state index contributed by atoms with van der Waals surface area (Å²) in [5, 5.41) is 3.43. The van der Waals surface area contributed by atoms with Crippen LogP contribution in [0.15, 0.2) is 0 Å². The normalized spacial score (nSPS) is 23.6. The van der Waals surface area contributed by atoms with Crippen molar-refractivity contribution in [1.29, 1.82) is 0 Å². The van der Waals surface area contributed by atoms with Crippen molar-refractivity contribution in [3.05, 3.63) is 0 Å². The smallest absolute Gasteiger partial charge is 0.0622 e. The van der Waals surface area contributed by atoms with Crippen LogP contribution < -0.4 is 5.32 Å². The van der Waals surface area contributed by atoms with Crippen LogP contribution in [-0.4, -0.2) is 64.1 Å². The molecule has 0 aromatic heterocycles. The Bertz CT molecular complexity index is 161. The van der Waals surface area contributed by atoms with Gasteiger partial charge >= 0.3 is 0 Å². The van der Waals surface area contributed by atoms with Crippen molar-refractivity contribution in [2.24, 2.45) is 0 Å². The molecule has 0 amide bonds. The van der Waals surface area contributed by atoms with Crippen LogP contribution in [0.1, 0.15) is 13.3 Å². The predicted molar refractivity (Wildman–Crippen MR) is 61.2 cm³/mol. The summed E-state index contributed by atoms with van der Waals surface area (Å²) in [5.74, 6) is 0. The second-order valence-electron chi connectivity index (χ2n) is 4.31. The first-order chi connectivity index (χ1) is 7.24. The molecule has 0 radical (unpaired) electrons. The maximum absolute atomic E-state index is 5.36. The van der Waals surface area contributed by atoms with Crippen LogP contribution in [0.4, 0.5) is 0 Å². The average Bonchev–Trinajstić information content (AvgIpc) is 2.70. The van der Waals surface area contributed by atoms with Gasteiger partial charge in [-0.25, -0.2) is 0 Å². The van der Waals surface area contributed by atoms with Gasteiger partial charge in [-0.05, 0) is 20.4 Å². The molecule has 0 saturated carbocycles. The second kappa shape index (κ2) is 7.17. The molecule has 4 heteroatoms. The molecule has 4 nitrogen and oxygen atoms in total. The van der Waals surface area contributed by atoms with Crippen molar-refractivity contribution in [3.63, 3.8) is 0 Å². The minimum absolute atomic E-state index is 0.434. The molecule has 1 N–H and O–H groups in total. The van der Waals surface area contributed by atoms with Gasteiger partial charge in [-0.1, -0.05) is 0 Å². The molecule has 2 atom stereocenters. The highest BCUT2D eigenvalue weighted by molar-refractivity contribution is 4.73. The van der Waals surface area contributed by atoms with Crippen LogP contribution in [0.3, 0.4) is 0 Å². The van der Waals surface area contributed by atoms with Gasteiger partial charge in [0.05, 0.1) is 13.2 Å². The number of nitrogens with one attached hydrogen (secondary N) is 1. The molecule has 1 rings (SSSR count). The third-order valence-electron chi connectivity index (χ3n) is 2.90. The Morgan fingerprint density at radius 2 is 2.40 bits per heavy atom. The minimum atomic E-state index is 0.434. The molecular formula is C11H24N2O2. The highest BCUT2D eigenvalue weighted by Gasteiger charge is 2.19. The Hall–Kier alpha value is -0.160. The number of likely N-dealkylation sites (N-methyl/N-ethyl adjacent to an activating group) is 1. The Morgan fingerprint density at radius 1 is 1.60 bits per heavy atom. The van der Waals surface area contributed by atoms with Crippen molar-refractivity contribution in [1.82, 2.24) is 10.2 Å². The summed E-state index contributed by atoms with van der Waals surface area (Å²) >= 11 is 0. The third-order valence-corrected chi connectivity index (χ3v) is 2.90. The fraction of sp³-hybridized carbons (Fsp3) is 1.00. The quantitative estimate of drug-likeness (QED) is 0.665. The number of rotatable bonds is 7. The summed E-state index contributed by atoms with van der Waals surface area (Å²) < 4.78 is 10.4. The summed E-state index contributed by atoms with van der Waals surface area (Å²) in [4.78, 5) is 2.37. The van der Waals surface area contributed by atoms with E-state index in [0.717, 1.165) is 32.9 Å². The molecule has 1 heterocycles. The summed E-state index contributed by atoms with van der Waals surface area (Å²) in [6.45, 7) is 6.81. The molecule has 1 fully saturated rings. The predicted octanol–water partition coefficient (Wildman–Crippen LogP) is 0.332. The molecule has 1 aliphatic rings. The first-order valence-corrected chi connectivity index (χ1v) is 5.74. The van der Waals surface area contributed by atoms with Gasteiger partial charge < -0.3 is 14.8 Å². The van der Waals surface area contributed by atoms with Crippen molar-refractivity contribution in [2.75, 3.05) is 47.1 Å². The Morgan fingerprint density at radius 3 is 3.00 bits per heavy atom. The van der Waals surface area contributed by atoms with E-state index >= 15 is 0 Å². The van der Waals surface area contributed by atoms with Gasteiger partial charge in [-0.2, -0.15) is 0 Å². The van der Waals surface area contributed by atoms with Crippen LogP contribution in [-0.2, 0) is 9.47 Å². The van der Waals surface area contributed by atoms with Gasteiger partial charge in [-0.15, -0.1) is 0 Å². The molecule has 1 saturated heterocycles. The molecule has 1 aliphatic heterocycles. The molecular weight excluding hydrogens is 192 g/mol. The van der Waals surface area contributed by atoms with Crippen LogP contribution in [0.2, 0.25) is 0 Å². The number of nitrogens with zero attached hydrogens (tertiary/aromatic N) is 1. The fourth-order valence-electron chi connectivity index (χ4n) is 1.85. The van der Waals surface area contributed by atoms with Gasteiger partial charge in [0.1, 0.15) is 0 Å². The van der Waals surface area contributed by atoms with Crippen molar-refractivity contribution in [3.8, 4) is 0 Å². The molecule has 90 valence electrons. The van der Waals surface area contributed by atoms with Crippen LogP contribution >= 0.6 is 0 Å². The highest BCUT2D eigenvalue weighted by atomic mass is 16.5. The highest BCUT2D eigenvalue weighted by Crippen LogP contribution is 2.09. The Kier molecular flexibility index (Phi) is 6.17. The number of hydrogen-bond donors (Lipinski definition) is 1. The average molecular weight is 216 g/mol. The fourth-order valence-corrected chi connectivity index (χ4v) is 1.85. The lowest BCUT2D eigenvalue weighted by molar-refractivity contribution is 0.153. The van der Waals surface area contributed by atoms with Gasteiger partial charge in [-0.3, -0.25) is 4.90 Å². The topological polar surface area (TPSA) is 33.7 Å². The van der Waals surface area contributed by atoms with E-state index < -0.39 is 0 Å². The largest absolute Gasteiger partial charge is 0.383 e. The van der Waals surface area contributed by atoms with Gasteiger partial charge in [0, 0.05) is 38.9 Å². The Balaban J connectivity index is 2.03. The maximum atomic E-state index is 5.36. The monoisotopic (exact) mass is 216 g/mol. The lowest BCUT2D eigenvalue weighted by Gasteiger charge is -2.23. The summed E-state index contributed by atoms with van der Waals surface area (Å²) in [6, 6.07) is 1.05. The van der Waals surface area contributed by atoms with Crippen molar-refractivity contribution in [2.45, 2.75) is 25.4 Å². The van der Waals surface area contributed by atoms with E-state index in [1.54, 1.807) is 7.11 Å². The molecule has 0 aliphatic carbocycles. The number of hydrogen-bond acceptors (Lipinski definition) is 4. The van der Waals surface area contributed by atoms with Crippen LogP contribution in [0.25, 0.3) is 0 Å². The van der Waals surface area contributed by atoms with E-state index in [0.29, 0.717) is 12.1 Å². The summed E-state index contributed by atoms with van der Waals surface area (Å²) in [7, 11) is 3.90. The zero-order chi connectivity index (χ0) is 11.1. The maximum Gasteiger partial charge on any atom is 0.0622 e. The van der Waals surface area contributed by atoms with E-state index in [2.05, 4.69) is 24.2 Å². The van der Waals surface area contributed by atoms with E-state index in [1.807, 2.05) is 0 Å². The van der Waals surface area contributed by atoms with E-state index in [-0.39, 0.29) is 0 Å². The van der Waals surface area contributed by atoms with Crippen molar-refractivity contribution < 1.29 is 9.47 Å². The lowest BCUT2D eigenvalue weighted by Crippen LogP contribution is -2.40. The molecule has 0 bridgehead atoms. The molecule has 0 aromatic carbocycles. The number of methoxy groups -OCH3 is 1. The minimum Gasteiger partial charge on any atom is -0.383 e. The SMILES string of the molecule is COCC(C)NCCN(C)C1CCOC1. The van der Waals surface area contributed by atoms with Gasteiger partial charge in [0.15, 0.2) is 0 Å². The lowest BCUT2D eigenvalue weighted by atomic mass is 10.2. The standard InChI is InChI=1S/C11H24N2O2/c1-10(8-14-3)12-5-6-13(2)11-4-7-15-9-11/h10-12H,4-9H2,1-3H3. The molecule has 2 unspecified atom stereocenters.